The van der Waals surface area contributed by atoms with Crippen molar-refractivity contribution in [3.8, 4) is 0 Å². The Morgan fingerprint density at radius 2 is 1.58 bits per heavy atom. The van der Waals surface area contributed by atoms with Crippen LogP contribution in [0.25, 0.3) is 0 Å². The molecule has 0 aromatic heterocycles. The van der Waals surface area contributed by atoms with Gasteiger partial charge < -0.3 is 9.64 Å². The summed E-state index contributed by atoms with van der Waals surface area (Å²) in [6.07, 6.45) is 0. The SMILES string of the molecule is C=C(C)C(C(=O)OCc1ccc([N+](=O)[O-])cc1)N1C(=O)C(N(C(C)=O)c2ccc([N+](=O)[O-])cc2)C1S(=O)Cl. The summed E-state index contributed by atoms with van der Waals surface area (Å²) in [7, 11) is 3.65. The van der Waals surface area contributed by atoms with Gasteiger partial charge in [0, 0.05) is 36.9 Å². The Hall–Kier alpha value is -4.17. The Labute approximate surface area is 222 Å². The van der Waals surface area contributed by atoms with E-state index < -0.39 is 55.1 Å². The fraction of sp³-hybridized carbons (Fsp3) is 0.261. The first-order valence-electron chi connectivity index (χ1n) is 10.8. The average Bonchev–Trinajstić information content (AvgIpc) is 2.85. The Kier molecular flexibility index (Phi) is 8.58. The lowest BCUT2D eigenvalue weighted by molar-refractivity contribution is -0.385. The molecule has 2 aromatic rings. The highest BCUT2D eigenvalue weighted by Gasteiger charge is 2.59. The maximum absolute atomic E-state index is 13.3. The fourth-order valence-electron chi connectivity index (χ4n) is 3.95. The second-order valence-corrected chi connectivity index (χ2v) is 10.2. The van der Waals surface area contributed by atoms with Crippen LogP contribution in [0.2, 0.25) is 0 Å². The normalized spacial score (nSPS) is 18.1. The first-order valence-corrected chi connectivity index (χ1v) is 12.9. The number of amides is 2. The number of hydrogen-bond acceptors (Lipinski definition) is 9. The lowest BCUT2D eigenvalue weighted by Crippen LogP contribution is -2.75. The predicted octanol–water partition coefficient (Wildman–Crippen LogP) is 2.98. The van der Waals surface area contributed by atoms with E-state index in [2.05, 4.69) is 6.58 Å². The largest absolute Gasteiger partial charge is 0.459 e. The first-order chi connectivity index (χ1) is 17.8. The molecule has 2 amide bonds. The van der Waals surface area contributed by atoms with Crippen LogP contribution in [-0.2, 0) is 35.7 Å². The lowest BCUT2D eigenvalue weighted by atomic mass is 9.97. The van der Waals surface area contributed by atoms with Gasteiger partial charge in [-0.25, -0.2) is 9.00 Å². The molecule has 4 atom stereocenters. The van der Waals surface area contributed by atoms with Gasteiger partial charge in [0.2, 0.25) is 5.91 Å². The molecule has 0 spiro atoms. The van der Waals surface area contributed by atoms with E-state index in [1.165, 1.54) is 43.3 Å². The third-order valence-electron chi connectivity index (χ3n) is 5.69. The number of carbonyl (C=O) groups is 3. The fourth-order valence-corrected chi connectivity index (χ4v) is 5.34. The molecule has 1 fully saturated rings. The van der Waals surface area contributed by atoms with Gasteiger partial charge in [-0.1, -0.05) is 6.58 Å². The third kappa shape index (κ3) is 5.70. The van der Waals surface area contributed by atoms with Gasteiger partial charge in [-0.3, -0.25) is 34.7 Å². The second kappa shape index (κ2) is 11.5. The van der Waals surface area contributed by atoms with Gasteiger partial charge in [0.1, 0.15) is 22.7 Å². The number of β-lactam (4-membered cyclic amide) rings is 1. The zero-order valence-electron chi connectivity index (χ0n) is 20.0. The van der Waals surface area contributed by atoms with E-state index in [-0.39, 0.29) is 29.2 Å². The van der Waals surface area contributed by atoms with E-state index in [4.69, 9.17) is 15.4 Å². The molecule has 0 bridgehead atoms. The number of nitro groups is 2. The van der Waals surface area contributed by atoms with Crippen LogP contribution in [0.15, 0.2) is 60.7 Å². The number of benzene rings is 2. The standard InChI is InChI=1S/C23H21ClN4O9S/c1-13(2)19(23(31)37-12-15-4-6-17(7-5-15)27(32)33)26-21(30)20(22(26)38(24)36)25(14(3)29)16-8-10-18(11-9-16)28(34)35/h4-11,19-20,22H,1,12H2,2-3H3. The molecular formula is C23H21ClN4O9S. The van der Waals surface area contributed by atoms with Gasteiger partial charge in [0.25, 0.3) is 17.3 Å². The molecule has 13 nitrogen and oxygen atoms in total. The van der Waals surface area contributed by atoms with Crippen LogP contribution in [0.5, 0.6) is 0 Å². The minimum absolute atomic E-state index is 0.126. The Balaban J connectivity index is 1.85. The van der Waals surface area contributed by atoms with Crippen molar-refractivity contribution < 1.29 is 33.2 Å². The molecule has 1 aliphatic rings. The molecule has 38 heavy (non-hydrogen) atoms. The van der Waals surface area contributed by atoms with E-state index in [1.807, 2.05) is 0 Å². The smallest absolute Gasteiger partial charge is 0.333 e. The summed E-state index contributed by atoms with van der Waals surface area (Å²) in [4.78, 5) is 61.3. The van der Waals surface area contributed by atoms with Crippen LogP contribution in [-0.4, -0.2) is 54.2 Å². The molecule has 200 valence electrons. The molecule has 1 heterocycles. The van der Waals surface area contributed by atoms with Crippen LogP contribution in [0.1, 0.15) is 19.4 Å². The van der Waals surface area contributed by atoms with Crippen molar-refractivity contribution in [1.82, 2.24) is 4.90 Å². The number of non-ortho nitro benzene ring substituents is 2. The zero-order chi connectivity index (χ0) is 28.3. The summed E-state index contributed by atoms with van der Waals surface area (Å²) in [6, 6.07) is 7.34. The quantitative estimate of drug-likeness (QED) is 0.105. The maximum Gasteiger partial charge on any atom is 0.333 e. The summed E-state index contributed by atoms with van der Waals surface area (Å²) in [5.41, 5.74) is 0.348. The van der Waals surface area contributed by atoms with Gasteiger partial charge in [0.15, 0.2) is 11.4 Å². The van der Waals surface area contributed by atoms with Crippen molar-refractivity contribution in [1.29, 1.82) is 0 Å². The van der Waals surface area contributed by atoms with Crippen molar-refractivity contribution in [3.05, 3.63) is 86.5 Å². The molecule has 1 saturated heterocycles. The number of hydrogen-bond donors (Lipinski definition) is 0. The maximum atomic E-state index is 13.3. The molecule has 1 aliphatic heterocycles. The molecule has 2 aromatic carbocycles. The van der Waals surface area contributed by atoms with Crippen LogP contribution >= 0.6 is 10.7 Å². The number of ether oxygens (including phenoxy) is 1. The highest BCUT2D eigenvalue weighted by atomic mass is 35.7. The molecule has 4 unspecified atom stereocenters. The molecule has 0 N–H and O–H groups in total. The Bertz CT molecular complexity index is 1330. The van der Waals surface area contributed by atoms with E-state index in [1.54, 1.807) is 0 Å². The Morgan fingerprint density at radius 3 is 2.00 bits per heavy atom. The molecule has 0 aliphatic carbocycles. The van der Waals surface area contributed by atoms with Crippen molar-refractivity contribution in [2.75, 3.05) is 4.90 Å². The van der Waals surface area contributed by atoms with Gasteiger partial charge in [0.05, 0.1) is 9.85 Å². The number of rotatable bonds is 10. The number of carbonyl (C=O) groups excluding carboxylic acids is 3. The monoisotopic (exact) mass is 564 g/mol. The van der Waals surface area contributed by atoms with E-state index in [0.717, 1.165) is 28.9 Å². The molecule has 0 radical (unpaired) electrons. The number of nitro benzene ring substituents is 2. The van der Waals surface area contributed by atoms with Crippen LogP contribution in [0.3, 0.4) is 0 Å². The molecule has 3 rings (SSSR count). The van der Waals surface area contributed by atoms with E-state index in [0.29, 0.717) is 5.56 Å². The number of halogens is 1. The van der Waals surface area contributed by atoms with Crippen molar-refractivity contribution in [2.45, 2.75) is 37.9 Å². The number of anilines is 1. The van der Waals surface area contributed by atoms with Crippen LogP contribution in [0.4, 0.5) is 17.1 Å². The molecular weight excluding hydrogens is 544 g/mol. The third-order valence-corrected chi connectivity index (χ3v) is 7.11. The summed E-state index contributed by atoms with van der Waals surface area (Å²) >= 11 is 0. The van der Waals surface area contributed by atoms with E-state index >= 15 is 0 Å². The van der Waals surface area contributed by atoms with Crippen LogP contribution in [0, 0.1) is 20.2 Å². The minimum Gasteiger partial charge on any atom is -0.459 e. The molecule has 15 heteroatoms. The Morgan fingerprint density at radius 1 is 1.08 bits per heavy atom. The van der Waals surface area contributed by atoms with Gasteiger partial charge >= 0.3 is 5.97 Å². The minimum atomic E-state index is -2.27. The molecule has 0 saturated carbocycles. The summed E-state index contributed by atoms with van der Waals surface area (Å²) in [6.45, 7) is 6.06. The zero-order valence-corrected chi connectivity index (χ0v) is 21.6. The van der Waals surface area contributed by atoms with E-state index in [9.17, 15) is 38.8 Å². The van der Waals surface area contributed by atoms with Crippen molar-refractivity contribution in [3.63, 3.8) is 0 Å². The lowest BCUT2D eigenvalue weighted by Gasteiger charge is -2.51. The van der Waals surface area contributed by atoms with Crippen molar-refractivity contribution >= 4 is 55.5 Å². The predicted molar refractivity (Wildman–Crippen MR) is 136 cm³/mol. The second-order valence-electron chi connectivity index (χ2n) is 8.27. The highest BCUT2D eigenvalue weighted by molar-refractivity contribution is 8.08. The summed E-state index contributed by atoms with van der Waals surface area (Å²) in [5.74, 6) is -2.31. The number of nitrogens with zero attached hydrogens (tertiary/aromatic N) is 4. The van der Waals surface area contributed by atoms with Crippen LogP contribution < -0.4 is 4.90 Å². The van der Waals surface area contributed by atoms with Crippen molar-refractivity contribution in [2.24, 2.45) is 0 Å². The highest BCUT2D eigenvalue weighted by Crippen LogP contribution is 2.36. The van der Waals surface area contributed by atoms with Gasteiger partial charge in [-0.15, -0.1) is 0 Å². The topological polar surface area (TPSA) is 170 Å². The van der Waals surface area contributed by atoms with Gasteiger partial charge in [-0.2, -0.15) is 0 Å². The summed E-state index contributed by atoms with van der Waals surface area (Å²) in [5, 5.41) is 20.4. The first kappa shape index (κ1) is 28.4. The number of esters is 1. The average molecular weight is 565 g/mol. The van der Waals surface area contributed by atoms with Gasteiger partial charge in [-0.05, 0) is 53.0 Å². The number of likely N-dealkylation sites (tertiary alicyclic amines) is 1. The summed E-state index contributed by atoms with van der Waals surface area (Å²) < 4.78 is 17.8.